The van der Waals surface area contributed by atoms with Crippen molar-refractivity contribution in [3.63, 3.8) is 0 Å². The molecule has 0 fully saturated rings. The molecule has 2 aromatic rings. The van der Waals surface area contributed by atoms with Crippen LogP contribution >= 0.6 is 0 Å². The Balaban J connectivity index is 1.48. The van der Waals surface area contributed by atoms with Crippen molar-refractivity contribution in [3.05, 3.63) is 132 Å². The maximum Gasteiger partial charge on any atom is 0.264 e. The monoisotopic (exact) mass is 545 g/mol. The maximum atomic E-state index is 4.57. The first-order chi connectivity index (χ1) is 19.5. The number of quaternary nitrogens is 1. The Morgan fingerprint density at radius 1 is 1.07 bits per heavy atom. The Morgan fingerprint density at radius 2 is 1.83 bits per heavy atom. The summed E-state index contributed by atoms with van der Waals surface area (Å²) in [5.74, 6) is 0. The lowest BCUT2D eigenvalue weighted by atomic mass is 9.79. The molecule has 41 heavy (non-hydrogen) atoms. The summed E-state index contributed by atoms with van der Waals surface area (Å²) in [5.41, 5.74) is 10.4. The van der Waals surface area contributed by atoms with Crippen molar-refractivity contribution in [2.45, 2.75) is 33.1 Å². The number of aromatic amines is 1. The van der Waals surface area contributed by atoms with E-state index in [9.17, 15) is 0 Å². The third kappa shape index (κ3) is 6.13. The lowest BCUT2D eigenvalue weighted by Gasteiger charge is -2.26. The molecule has 3 heterocycles. The van der Waals surface area contributed by atoms with Gasteiger partial charge in [0.1, 0.15) is 13.6 Å². The van der Waals surface area contributed by atoms with Gasteiger partial charge in [0.2, 0.25) is 11.4 Å². The summed E-state index contributed by atoms with van der Waals surface area (Å²) in [4.78, 5) is 9.44. The summed E-state index contributed by atoms with van der Waals surface area (Å²) in [6.45, 7) is 17.8. The van der Waals surface area contributed by atoms with Crippen molar-refractivity contribution < 1.29 is 14.5 Å². The molecule has 0 amide bonds. The van der Waals surface area contributed by atoms with Crippen LogP contribution in [-0.4, -0.2) is 43.7 Å². The largest absolute Gasteiger partial charge is 0.295 e. The van der Waals surface area contributed by atoms with Gasteiger partial charge in [0, 0.05) is 59.2 Å². The quantitative estimate of drug-likeness (QED) is 0.229. The van der Waals surface area contributed by atoms with Crippen LogP contribution in [0.3, 0.4) is 0 Å². The number of benzene rings is 1. The molecular weight excluding hydrogens is 500 g/mol. The number of aliphatic imine (C=N–C) groups is 1. The van der Waals surface area contributed by atoms with E-state index >= 15 is 0 Å². The zero-order chi connectivity index (χ0) is 29.8. The molecule has 2 aliphatic rings. The molecule has 0 aliphatic carbocycles. The highest BCUT2D eigenvalue weighted by molar-refractivity contribution is 6.05. The van der Waals surface area contributed by atoms with Crippen molar-refractivity contribution >= 4 is 28.9 Å². The van der Waals surface area contributed by atoms with Crippen molar-refractivity contribution in [2.24, 2.45) is 10.4 Å². The van der Waals surface area contributed by atoms with E-state index in [0.717, 1.165) is 29.1 Å². The number of hydrogen-bond donors (Lipinski definition) is 1. The van der Waals surface area contributed by atoms with Crippen LogP contribution in [0.25, 0.3) is 11.8 Å². The van der Waals surface area contributed by atoms with Gasteiger partial charge in [-0.05, 0) is 43.7 Å². The van der Waals surface area contributed by atoms with Crippen LogP contribution in [0.4, 0.5) is 5.69 Å². The minimum absolute atomic E-state index is 0.0288. The van der Waals surface area contributed by atoms with Crippen LogP contribution in [0, 0.1) is 5.41 Å². The number of rotatable bonds is 9. The highest BCUT2D eigenvalue weighted by atomic mass is 15.1. The van der Waals surface area contributed by atoms with Crippen LogP contribution in [0.5, 0.6) is 0 Å². The molecule has 210 valence electrons. The molecule has 4 heteroatoms. The van der Waals surface area contributed by atoms with Crippen molar-refractivity contribution in [3.8, 4) is 0 Å². The average Bonchev–Trinajstić information content (AvgIpc) is 3.15. The van der Waals surface area contributed by atoms with Gasteiger partial charge in [0.15, 0.2) is 11.9 Å². The Labute approximate surface area is 246 Å². The smallest absolute Gasteiger partial charge is 0.264 e. The highest BCUT2D eigenvalue weighted by Gasteiger charge is 2.42. The van der Waals surface area contributed by atoms with Gasteiger partial charge in [-0.2, -0.15) is 4.58 Å². The number of H-pyrrole nitrogens is 1. The minimum Gasteiger partial charge on any atom is -0.295 e. The zero-order valence-corrected chi connectivity index (χ0v) is 25.8. The van der Waals surface area contributed by atoms with Crippen LogP contribution < -0.4 is 9.88 Å². The fraction of sp³-hybridized carbons (Fsp3) is 0.270. The lowest BCUT2D eigenvalue weighted by Crippen LogP contribution is -3.07. The van der Waals surface area contributed by atoms with Crippen LogP contribution in [0.15, 0.2) is 120 Å². The number of allylic oxidation sites excluding steroid dienone is 8. The first-order valence-corrected chi connectivity index (χ1v) is 14.3. The van der Waals surface area contributed by atoms with Gasteiger partial charge in [-0.1, -0.05) is 69.5 Å². The zero-order valence-electron chi connectivity index (χ0n) is 25.8. The number of likely N-dealkylation sites (N-methyl/N-ethyl adjacent to an activating group) is 1. The van der Waals surface area contributed by atoms with Gasteiger partial charge in [-0.3, -0.25) is 9.89 Å². The van der Waals surface area contributed by atoms with Crippen LogP contribution in [0.2, 0.25) is 0 Å². The molecule has 0 saturated carbocycles. The van der Waals surface area contributed by atoms with Gasteiger partial charge >= 0.3 is 0 Å². The molecule has 1 unspecified atom stereocenters. The normalized spacial score (nSPS) is 19.2. The van der Waals surface area contributed by atoms with Crippen LogP contribution in [0.1, 0.15) is 44.5 Å². The maximum absolute atomic E-state index is 4.57. The third-order valence-electron chi connectivity index (χ3n) is 8.47. The number of para-hydroxylation sites is 1. The molecule has 2 aliphatic heterocycles. The molecule has 2 N–H and O–H groups in total. The van der Waals surface area contributed by atoms with E-state index in [2.05, 4.69) is 149 Å². The molecule has 0 radical (unpaired) electrons. The van der Waals surface area contributed by atoms with Gasteiger partial charge < -0.3 is 0 Å². The molecule has 4 rings (SSSR count). The van der Waals surface area contributed by atoms with Crippen molar-refractivity contribution in [1.82, 2.24) is 0 Å². The molecule has 1 aromatic carbocycles. The fourth-order valence-corrected chi connectivity index (χ4v) is 5.72. The van der Waals surface area contributed by atoms with E-state index in [0.29, 0.717) is 0 Å². The molecule has 1 aromatic heterocycles. The average molecular weight is 546 g/mol. The summed E-state index contributed by atoms with van der Waals surface area (Å²) in [7, 11) is 6.21. The molecule has 4 nitrogen and oxygen atoms in total. The van der Waals surface area contributed by atoms with E-state index in [1.807, 2.05) is 19.2 Å². The summed E-state index contributed by atoms with van der Waals surface area (Å²) in [5, 5.41) is 0. The second kappa shape index (κ2) is 12.2. The lowest BCUT2D eigenvalue weighted by molar-refractivity contribution is -0.800. The second-order valence-corrected chi connectivity index (χ2v) is 11.9. The van der Waals surface area contributed by atoms with Gasteiger partial charge in [0.05, 0.1) is 12.5 Å². The number of hydrogen-bond acceptors (Lipinski definition) is 1. The predicted molar refractivity (Wildman–Crippen MR) is 175 cm³/mol. The van der Waals surface area contributed by atoms with Gasteiger partial charge in [-0.25, -0.2) is 4.98 Å². The van der Waals surface area contributed by atoms with E-state index in [-0.39, 0.29) is 10.8 Å². The Hall–Kier alpha value is -4.15. The summed E-state index contributed by atoms with van der Waals surface area (Å²) in [6.07, 6.45) is 21.0. The standard InChI is InChI=1S/C37H43N4/c1-10-11-14-27(2)36(3,4)34(38-7)23-19-29-18-22-33(40(8)26-29)31-21-17-28(25-39-31)20-24-35-37(5,6)30-15-12-13-16-32(30)41(35)9/h10-25H,1-2,26H2,3-9H3/q+1/p+2/b14-11-,23-19+,38-34?. The van der Waals surface area contributed by atoms with E-state index in [1.165, 1.54) is 33.1 Å². The summed E-state index contributed by atoms with van der Waals surface area (Å²) >= 11 is 0. The van der Waals surface area contributed by atoms with E-state index < -0.39 is 0 Å². The summed E-state index contributed by atoms with van der Waals surface area (Å²) in [6, 6.07) is 13.0. The first-order valence-electron chi connectivity index (χ1n) is 14.3. The molecule has 0 saturated heterocycles. The molecule has 0 bridgehead atoms. The van der Waals surface area contributed by atoms with Crippen LogP contribution in [-0.2, 0) is 5.41 Å². The highest BCUT2D eigenvalue weighted by Crippen LogP contribution is 2.39. The van der Waals surface area contributed by atoms with E-state index in [4.69, 9.17) is 0 Å². The number of pyridine rings is 1. The third-order valence-corrected chi connectivity index (χ3v) is 8.47. The van der Waals surface area contributed by atoms with Crippen molar-refractivity contribution in [2.75, 3.05) is 27.7 Å². The number of nitrogens with one attached hydrogen (secondary N) is 2. The fourth-order valence-electron chi connectivity index (χ4n) is 5.72. The molecular formula is C37H45N4+3. The second-order valence-electron chi connectivity index (χ2n) is 11.9. The van der Waals surface area contributed by atoms with Gasteiger partial charge in [0.25, 0.3) is 5.69 Å². The number of nitrogens with zero attached hydrogens (tertiary/aromatic N) is 2. The Morgan fingerprint density at radius 3 is 2.46 bits per heavy atom. The predicted octanol–water partition coefficient (Wildman–Crippen LogP) is 5.97. The number of aromatic nitrogens is 1. The molecule has 0 spiro atoms. The van der Waals surface area contributed by atoms with Gasteiger partial charge in [-0.15, -0.1) is 0 Å². The summed E-state index contributed by atoms with van der Waals surface area (Å²) < 4.78 is 2.31. The molecule has 1 atom stereocenters. The van der Waals surface area contributed by atoms with E-state index in [1.54, 1.807) is 6.08 Å². The van der Waals surface area contributed by atoms with Crippen molar-refractivity contribution in [1.29, 1.82) is 0 Å². The Kier molecular flexibility index (Phi) is 8.84. The SMILES string of the molecule is C=C/C=C\C(=C)C(C)(C)C(/C=C/C1=CC=C(c2ccc(/C=C/C3=[N+](C)c4ccccc4C3(C)C)c[nH+]2)[NH+](C)C1)=NC. The Bertz CT molecular complexity index is 1550. The minimum atomic E-state index is -0.268. The topological polar surface area (TPSA) is 34.0 Å². The number of fused-ring (bicyclic) bond motifs is 1. The first kappa shape index (κ1) is 29.8.